The molecule has 8 heteroatoms. The number of nitrogens with one attached hydrogen (secondary N) is 2. The largest absolute Gasteiger partial charge is 0.381 e. The Morgan fingerprint density at radius 1 is 1.04 bits per heavy atom. The molecule has 4 N–H and O–H groups in total. The average molecular weight is 377 g/mol. The molecule has 0 spiro atoms. The Hall–Kier alpha value is -1.93. The lowest BCUT2D eigenvalue weighted by atomic mass is 9.92. The van der Waals surface area contributed by atoms with Crippen LogP contribution in [-0.2, 0) is 9.47 Å². The Labute approximate surface area is 160 Å². The number of ether oxygens (including phenoxy) is 2. The van der Waals surface area contributed by atoms with E-state index in [4.69, 9.17) is 15.2 Å². The van der Waals surface area contributed by atoms with E-state index < -0.39 is 5.91 Å². The number of hydrogen-bond acceptors (Lipinski definition) is 7. The van der Waals surface area contributed by atoms with Crippen molar-refractivity contribution in [1.29, 1.82) is 0 Å². The summed E-state index contributed by atoms with van der Waals surface area (Å²) in [5.74, 6) is 0.513. The summed E-state index contributed by atoms with van der Waals surface area (Å²) in [6.45, 7) is 0. The summed E-state index contributed by atoms with van der Waals surface area (Å²) in [5.41, 5.74) is 5.84. The van der Waals surface area contributed by atoms with E-state index in [0.717, 1.165) is 51.4 Å². The first-order chi connectivity index (χ1) is 13.1. The van der Waals surface area contributed by atoms with Gasteiger partial charge >= 0.3 is 0 Å². The van der Waals surface area contributed by atoms with Crippen LogP contribution in [0.3, 0.4) is 0 Å². The predicted octanol–water partition coefficient (Wildman–Crippen LogP) is 2.31. The Morgan fingerprint density at radius 2 is 1.78 bits per heavy atom. The topological polar surface area (TPSA) is 111 Å². The smallest absolute Gasteiger partial charge is 0.254 e. The number of methoxy groups -OCH3 is 2. The molecule has 0 aliphatic heterocycles. The van der Waals surface area contributed by atoms with Crippen molar-refractivity contribution in [3.8, 4) is 0 Å². The molecule has 1 aromatic rings. The van der Waals surface area contributed by atoms with Gasteiger partial charge in [-0.25, -0.2) is 4.98 Å². The van der Waals surface area contributed by atoms with Crippen LogP contribution in [0.5, 0.6) is 0 Å². The zero-order valence-corrected chi connectivity index (χ0v) is 16.2. The van der Waals surface area contributed by atoms with Crippen molar-refractivity contribution in [3.05, 3.63) is 11.8 Å². The van der Waals surface area contributed by atoms with Gasteiger partial charge in [0.05, 0.1) is 17.8 Å². The van der Waals surface area contributed by atoms with Crippen LogP contribution in [0.4, 0.5) is 11.8 Å². The maximum atomic E-state index is 11.8. The highest BCUT2D eigenvalue weighted by atomic mass is 16.5. The molecule has 2 aliphatic rings. The van der Waals surface area contributed by atoms with Gasteiger partial charge in [-0.1, -0.05) is 0 Å². The number of nitrogens with zero attached hydrogens (tertiary/aromatic N) is 2. The van der Waals surface area contributed by atoms with Crippen LogP contribution in [0.2, 0.25) is 0 Å². The third kappa shape index (κ3) is 5.29. The molecule has 0 radical (unpaired) electrons. The molecule has 8 nitrogen and oxygen atoms in total. The van der Waals surface area contributed by atoms with Crippen molar-refractivity contribution in [3.63, 3.8) is 0 Å². The average Bonchev–Trinajstić information content (AvgIpc) is 2.68. The van der Waals surface area contributed by atoms with Gasteiger partial charge in [0.15, 0.2) is 0 Å². The molecular weight excluding hydrogens is 346 g/mol. The molecule has 0 bridgehead atoms. The number of aromatic nitrogens is 2. The van der Waals surface area contributed by atoms with Crippen LogP contribution in [0.25, 0.3) is 0 Å². The number of carbonyl (C=O) groups is 1. The molecule has 1 heterocycles. The normalized spacial score (nSPS) is 28.5. The van der Waals surface area contributed by atoms with E-state index in [2.05, 4.69) is 20.6 Å². The highest BCUT2D eigenvalue weighted by Gasteiger charge is 2.25. The van der Waals surface area contributed by atoms with E-state index in [0.29, 0.717) is 29.5 Å². The molecule has 2 saturated carbocycles. The van der Waals surface area contributed by atoms with Gasteiger partial charge in [-0.05, 0) is 51.4 Å². The molecule has 1 amide bonds. The van der Waals surface area contributed by atoms with Gasteiger partial charge in [-0.3, -0.25) is 4.79 Å². The van der Waals surface area contributed by atoms with Gasteiger partial charge in [-0.2, -0.15) is 4.98 Å². The van der Waals surface area contributed by atoms with Gasteiger partial charge in [-0.15, -0.1) is 0 Å². The molecule has 0 aromatic carbocycles. The highest BCUT2D eigenvalue weighted by molar-refractivity contribution is 5.97. The SMILES string of the molecule is COC1CCC(Nc2ncc(C(N)=O)c(N[C@@H]3CCC[C@@H](OC)C3)n2)CC1. The maximum absolute atomic E-state index is 11.8. The van der Waals surface area contributed by atoms with Gasteiger partial charge in [0.1, 0.15) is 5.82 Å². The van der Waals surface area contributed by atoms with E-state index in [9.17, 15) is 4.79 Å². The Morgan fingerprint density at radius 3 is 2.44 bits per heavy atom. The first-order valence-corrected chi connectivity index (χ1v) is 9.84. The summed E-state index contributed by atoms with van der Waals surface area (Å²) in [4.78, 5) is 20.7. The molecule has 150 valence electrons. The van der Waals surface area contributed by atoms with Gasteiger partial charge in [0.25, 0.3) is 5.91 Å². The Bertz CT molecular complexity index is 634. The number of primary amides is 1. The van der Waals surface area contributed by atoms with Crippen LogP contribution in [0.1, 0.15) is 61.7 Å². The number of anilines is 2. The number of hydrogen-bond donors (Lipinski definition) is 3. The predicted molar refractivity (Wildman–Crippen MR) is 104 cm³/mol. The van der Waals surface area contributed by atoms with Gasteiger partial charge in [0, 0.05) is 32.5 Å². The third-order valence-corrected chi connectivity index (χ3v) is 5.70. The second kappa shape index (κ2) is 9.32. The number of rotatable bonds is 7. The summed E-state index contributed by atoms with van der Waals surface area (Å²) in [6.07, 6.45) is 10.2. The number of nitrogens with two attached hydrogens (primary N) is 1. The lowest BCUT2D eigenvalue weighted by molar-refractivity contribution is 0.0668. The van der Waals surface area contributed by atoms with Crippen LogP contribution in [0, 0.1) is 0 Å². The van der Waals surface area contributed by atoms with Crippen molar-refractivity contribution in [1.82, 2.24) is 9.97 Å². The molecule has 0 unspecified atom stereocenters. The molecular formula is C19H31N5O3. The molecule has 2 atom stereocenters. The molecule has 3 rings (SSSR count). The molecule has 0 saturated heterocycles. The van der Waals surface area contributed by atoms with E-state index in [1.165, 1.54) is 6.20 Å². The second-order valence-corrected chi connectivity index (χ2v) is 7.54. The standard InChI is InChI=1S/C19H31N5O3/c1-26-14-8-6-12(7-9-14)23-19-21-11-16(17(20)25)18(24-19)22-13-4-3-5-15(10-13)27-2/h11-15H,3-10H2,1-2H3,(H2,20,25)(H2,21,22,23,24)/t12?,13-,14?,15-/m1/s1. The summed E-state index contributed by atoms with van der Waals surface area (Å²) in [7, 11) is 3.51. The minimum Gasteiger partial charge on any atom is -0.381 e. The summed E-state index contributed by atoms with van der Waals surface area (Å²) in [5, 5.41) is 6.79. The van der Waals surface area contributed by atoms with E-state index in [1.807, 2.05) is 0 Å². The van der Waals surface area contributed by atoms with E-state index in [-0.39, 0.29) is 12.1 Å². The van der Waals surface area contributed by atoms with Crippen LogP contribution >= 0.6 is 0 Å². The summed E-state index contributed by atoms with van der Waals surface area (Å²) >= 11 is 0. The van der Waals surface area contributed by atoms with Crippen molar-refractivity contribution < 1.29 is 14.3 Å². The molecule has 27 heavy (non-hydrogen) atoms. The van der Waals surface area contributed by atoms with Crippen molar-refractivity contribution in [2.75, 3.05) is 24.9 Å². The van der Waals surface area contributed by atoms with Crippen LogP contribution in [0.15, 0.2) is 6.20 Å². The molecule has 1 aromatic heterocycles. The maximum Gasteiger partial charge on any atom is 0.254 e. The molecule has 2 fully saturated rings. The first kappa shape index (κ1) is 19.8. The zero-order chi connectivity index (χ0) is 19.2. The van der Waals surface area contributed by atoms with Crippen molar-refractivity contribution >= 4 is 17.7 Å². The van der Waals surface area contributed by atoms with E-state index >= 15 is 0 Å². The number of amides is 1. The second-order valence-electron chi connectivity index (χ2n) is 7.54. The quantitative estimate of drug-likeness (QED) is 0.668. The van der Waals surface area contributed by atoms with Crippen LogP contribution in [-0.4, -0.2) is 54.4 Å². The Kier molecular flexibility index (Phi) is 6.84. The lowest BCUT2D eigenvalue weighted by Gasteiger charge is -2.30. The van der Waals surface area contributed by atoms with Gasteiger partial charge in [0.2, 0.25) is 5.95 Å². The minimum atomic E-state index is -0.524. The fraction of sp³-hybridized carbons (Fsp3) is 0.737. The van der Waals surface area contributed by atoms with Crippen LogP contribution < -0.4 is 16.4 Å². The third-order valence-electron chi connectivity index (χ3n) is 5.70. The van der Waals surface area contributed by atoms with Crippen molar-refractivity contribution in [2.45, 2.75) is 75.7 Å². The highest BCUT2D eigenvalue weighted by Crippen LogP contribution is 2.26. The molecule has 2 aliphatic carbocycles. The number of carbonyl (C=O) groups excluding carboxylic acids is 1. The summed E-state index contributed by atoms with van der Waals surface area (Å²) in [6, 6.07) is 0.526. The van der Waals surface area contributed by atoms with Gasteiger partial charge < -0.3 is 25.8 Å². The zero-order valence-electron chi connectivity index (χ0n) is 16.2. The summed E-state index contributed by atoms with van der Waals surface area (Å²) < 4.78 is 10.9. The fourth-order valence-corrected chi connectivity index (χ4v) is 4.05. The lowest BCUT2D eigenvalue weighted by Crippen LogP contribution is -2.33. The minimum absolute atomic E-state index is 0.210. The Balaban J connectivity index is 1.68. The fourth-order valence-electron chi connectivity index (χ4n) is 4.05. The first-order valence-electron chi connectivity index (χ1n) is 9.84. The monoisotopic (exact) mass is 377 g/mol. The van der Waals surface area contributed by atoms with Crippen molar-refractivity contribution in [2.24, 2.45) is 5.73 Å². The van der Waals surface area contributed by atoms with E-state index in [1.54, 1.807) is 14.2 Å².